The van der Waals surface area contributed by atoms with Gasteiger partial charge in [-0.1, -0.05) is 47.5 Å². The number of anilines is 1. The van der Waals surface area contributed by atoms with E-state index in [1.54, 1.807) is 54.6 Å². The van der Waals surface area contributed by atoms with Gasteiger partial charge in [0.1, 0.15) is 17.7 Å². The molecule has 1 amide bonds. The van der Waals surface area contributed by atoms with Crippen molar-refractivity contribution in [3.8, 4) is 12.1 Å². The van der Waals surface area contributed by atoms with Crippen LogP contribution in [0.25, 0.3) is 5.57 Å². The summed E-state index contributed by atoms with van der Waals surface area (Å²) in [6.45, 7) is 0.155. The van der Waals surface area contributed by atoms with Gasteiger partial charge in [0.15, 0.2) is 0 Å². The molecular formula is C18H9Cl2N3O. The van der Waals surface area contributed by atoms with Gasteiger partial charge < -0.3 is 4.90 Å². The third kappa shape index (κ3) is 2.53. The van der Waals surface area contributed by atoms with Crippen molar-refractivity contribution in [3.63, 3.8) is 0 Å². The highest BCUT2D eigenvalue weighted by Crippen LogP contribution is 2.40. The average molecular weight is 354 g/mol. The summed E-state index contributed by atoms with van der Waals surface area (Å²) in [4.78, 5) is 14.3. The zero-order chi connectivity index (χ0) is 17.3. The molecule has 0 aromatic heterocycles. The maximum Gasteiger partial charge on any atom is 0.261 e. The minimum atomic E-state index is -0.412. The second-order valence-corrected chi connectivity index (χ2v) is 5.90. The molecule has 1 aliphatic heterocycles. The minimum Gasteiger partial charge on any atom is -0.303 e. The van der Waals surface area contributed by atoms with E-state index >= 15 is 0 Å². The molecule has 0 bridgehead atoms. The summed E-state index contributed by atoms with van der Waals surface area (Å²) in [5.74, 6) is -0.412. The number of nitriles is 2. The average Bonchev–Trinajstić information content (AvgIpc) is 2.85. The first-order valence-corrected chi connectivity index (χ1v) is 7.72. The number of rotatable bonds is 2. The lowest BCUT2D eigenvalue weighted by atomic mass is 10.0. The van der Waals surface area contributed by atoms with E-state index in [9.17, 15) is 4.79 Å². The van der Waals surface area contributed by atoms with Gasteiger partial charge in [0, 0.05) is 21.2 Å². The number of halogens is 2. The molecule has 116 valence electrons. The van der Waals surface area contributed by atoms with Crippen molar-refractivity contribution in [3.05, 3.63) is 69.2 Å². The SMILES string of the molecule is N#CC(C#N)=C1C(=O)N(Cc2c(Cl)cccc2Cl)c2ccccc21. The summed E-state index contributed by atoms with van der Waals surface area (Å²) in [6.07, 6.45) is 0. The monoisotopic (exact) mass is 353 g/mol. The van der Waals surface area contributed by atoms with Crippen molar-refractivity contribution >= 4 is 40.4 Å². The van der Waals surface area contributed by atoms with Gasteiger partial charge in [-0.05, 0) is 18.2 Å². The number of para-hydroxylation sites is 1. The van der Waals surface area contributed by atoms with Crippen LogP contribution in [0.5, 0.6) is 0 Å². The smallest absolute Gasteiger partial charge is 0.261 e. The topological polar surface area (TPSA) is 67.9 Å². The molecule has 0 N–H and O–H groups in total. The molecule has 24 heavy (non-hydrogen) atoms. The molecule has 0 spiro atoms. The summed E-state index contributed by atoms with van der Waals surface area (Å²) >= 11 is 12.4. The van der Waals surface area contributed by atoms with Gasteiger partial charge in [-0.2, -0.15) is 10.5 Å². The van der Waals surface area contributed by atoms with Gasteiger partial charge in [0.2, 0.25) is 0 Å². The maximum atomic E-state index is 12.8. The lowest BCUT2D eigenvalue weighted by molar-refractivity contribution is -0.113. The predicted octanol–water partition coefficient (Wildman–Crippen LogP) is 4.34. The molecule has 0 saturated heterocycles. The number of nitrogens with zero attached hydrogens (tertiary/aromatic N) is 3. The van der Waals surface area contributed by atoms with E-state index in [1.807, 2.05) is 0 Å². The molecular weight excluding hydrogens is 345 g/mol. The number of carbonyl (C=O) groups excluding carboxylic acids is 1. The van der Waals surface area contributed by atoms with Gasteiger partial charge in [-0.25, -0.2) is 0 Å². The summed E-state index contributed by atoms with van der Waals surface area (Å²) in [5.41, 5.74) is 1.69. The fraction of sp³-hybridized carbons (Fsp3) is 0.0556. The number of allylic oxidation sites excluding steroid dienone is 1. The van der Waals surface area contributed by atoms with E-state index in [0.29, 0.717) is 26.9 Å². The molecule has 0 radical (unpaired) electrons. The second kappa shape index (κ2) is 6.37. The molecule has 4 nitrogen and oxygen atoms in total. The Morgan fingerprint density at radius 2 is 1.62 bits per heavy atom. The summed E-state index contributed by atoms with van der Waals surface area (Å²) in [5, 5.41) is 19.2. The lowest BCUT2D eigenvalue weighted by Gasteiger charge is -2.18. The van der Waals surface area contributed by atoms with Gasteiger partial charge in [-0.15, -0.1) is 0 Å². The van der Waals surface area contributed by atoms with Crippen molar-refractivity contribution in [2.75, 3.05) is 4.90 Å². The molecule has 0 fully saturated rings. The second-order valence-electron chi connectivity index (χ2n) is 5.08. The molecule has 3 rings (SSSR count). The first kappa shape index (κ1) is 16.1. The zero-order valence-corrected chi connectivity index (χ0v) is 13.8. The van der Waals surface area contributed by atoms with Crippen LogP contribution >= 0.6 is 23.2 Å². The summed E-state index contributed by atoms with van der Waals surface area (Å²) < 4.78 is 0. The number of carbonyl (C=O) groups is 1. The van der Waals surface area contributed by atoms with Crippen LogP contribution in [-0.2, 0) is 11.3 Å². The maximum absolute atomic E-state index is 12.8. The van der Waals surface area contributed by atoms with Crippen LogP contribution in [0.2, 0.25) is 10.0 Å². The Labute approximate surface area is 148 Å². The highest BCUT2D eigenvalue weighted by atomic mass is 35.5. The first-order valence-electron chi connectivity index (χ1n) is 6.97. The first-order chi connectivity index (χ1) is 11.6. The van der Waals surface area contributed by atoms with Crippen LogP contribution in [0, 0.1) is 22.7 Å². The molecule has 1 heterocycles. The zero-order valence-electron chi connectivity index (χ0n) is 12.3. The van der Waals surface area contributed by atoms with Crippen molar-refractivity contribution in [2.24, 2.45) is 0 Å². The lowest BCUT2D eigenvalue weighted by Crippen LogP contribution is -2.26. The third-order valence-electron chi connectivity index (χ3n) is 3.77. The number of benzene rings is 2. The molecule has 0 saturated carbocycles. The predicted molar refractivity (Wildman–Crippen MR) is 92.2 cm³/mol. The molecule has 2 aromatic rings. The molecule has 0 atom stereocenters. The molecule has 6 heteroatoms. The Bertz CT molecular complexity index is 931. The Balaban J connectivity index is 2.15. The van der Waals surface area contributed by atoms with Gasteiger partial charge >= 0.3 is 0 Å². The molecule has 2 aromatic carbocycles. The Kier molecular flexibility index (Phi) is 4.27. The normalized spacial score (nSPS) is 12.6. The standard InChI is InChI=1S/C18H9Cl2N3O/c19-14-5-3-6-15(20)13(14)10-23-16-7-2-1-4-12(16)17(18(23)24)11(8-21)9-22/h1-7H,10H2. The number of amides is 1. The van der Waals surface area contributed by atoms with Crippen LogP contribution in [0.4, 0.5) is 5.69 Å². The number of hydrogen-bond acceptors (Lipinski definition) is 3. The fourth-order valence-electron chi connectivity index (χ4n) is 2.66. The number of hydrogen-bond donors (Lipinski definition) is 0. The highest BCUT2D eigenvalue weighted by Gasteiger charge is 2.35. The van der Waals surface area contributed by atoms with E-state index in [1.165, 1.54) is 4.90 Å². The van der Waals surface area contributed by atoms with Gasteiger partial charge in [0.05, 0.1) is 17.8 Å². The van der Waals surface area contributed by atoms with Crippen LogP contribution < -0.4 is 4.90 Å². The highest BCUT2D eigenvalue weighted by molar-refractivity contribution is 6.37. The summed E-state index contributed by atoms with van der Waals surface area (Å²) in [7, 11) is 0. The van der Waals surface area contributed by atoms with Gasteiger partial charge in [-0.3, -0.25) is 4.79 Å². The minimum absolute atomic E-state index is 0.110. The van der Waals surface area contributed by atoms with Crippen LogP contribution in [0.15, 0.2) is 48.0 Å². The van der Waals surface area contributed by atoms with E-state index < -0.39 is 5.91 Å². The quantitative estimate of drug-likeness (QED) is 0.595. The largest absolute Gasteiger partial charge is 0.303 e. The Morgan fingerprint density at radius 3 is 2.25 bits per heavy atom. The molecule has 0 aliphatic carbocycles. The Morgan fingerprint density at radius 1 is 1.00 bits per heavy atom. The molecule has 1 aliphatic rings. The van der Waals surface area contributed by atoms with Gasteiger partial charge in [0.25, 0.3) is 5.91 Å². The van der Waals surface area contributed by atoms with Crippen molar-refractivity contribution in [1.29, 1.82) is 10.5 Å². The summed E-state index contributed by atoms with van der Waals surface area (Å²) in [6, 6.07) is 15.7. The third-order valence-corrected chi connectivity index (χ3v) is 4.48. The van der Waals surface area contributed by atoms with Crippen molar-refractivity contribution < 1.29 is 4.79 Å². The van der Waals surface area contributed by atoms with E-state index in [2.05, 4.69) is 0 Å². The van der Waals surface area contributed by atoms with E-state index in [-0.39, 0.29) is 17.7 Å². The molecule has 0 unspecified atom stereocenters. The van der Waals surface area contributed by atoms with E-state index in [0.717, 1.165) is 0 Å². The van der Waals surface area contributed by atoms with Crippen LogP contribution in [0.1, 0.15) is 11.1 Å². The van der Waals surface area contributed by atoms with Crippen molar-refractivity contribution in [2.45, 2.75) is 6.54 Å². The van der Waals surface area contributed by atoms with Crippen LogP contribution in [-0.4, -0.2) is 5.91 Å². The Hall–Kier alpha value is -2.79. The fourth-order valence-corrected chi connectivity index (χ4v) is 3.17. The number of fused-ring (bicyclic) bond motifs is 1. The van der Waals surface area contributed by atoms with Crippen molar-refractivity contribution in [1.82, 2.24) is 0 Å². The van der Waals surface area contributed by atoms with Crippen LogP contribution in [0.3, 0.4) is 0 Å². The van der Waals surface area contributed by atoms with E-state index in [4.69, 9.17) is 33.7 Å².